The Balaban J connectivity index is 3.47. The molecule has 0 rings (SSSR count). The Bertz CT molecular complexity index is 130. The number of ether oxygens (including phenoxy) is 1. The summed E-state index contributed by atoms with van der Waals surface area (Å²) in [6.45, 7) is 0.353. The minimum absolute atomic E-state index is 0.00909. The molecular weight excluding hydrogens is 160 g/mol. The lowest BCUT2D eigenvalue weighted by molar-refractivity contribution is -0.146. The van der Waals surface area contributed by atoms with Crippen LogP contribution in [-0.4, -0.2) is 36.9 Å². The molecule has 0 saturated heterocycles. The van der Waals surface area contributed by atoms with E-state index in [1.165, 1.54) is 0 Å². The second kappa shape index (κ2) is 7.02. The molecule has 5 nitrogen and oxygen atoms in total. The van der Waals surface area contributed by atoms with Crippen molar-refractivity contribution in [2.75, 3.05) is 19.8 Å². The number of esters is 1. The monoisotopic (exact) mass is 176 g/mol. The van der Waals surface area contributed by atoms with E-state index in [4.69, 9.17) is 16.6 Å². The first-order valence-corrected chi connectivity index (χ1v) is 3.95. The number of hydrogen-bond donors (Lipinski definition) is 3. The van der Waals surface area contributed by atoms with Crippen LogP contribution < -0.4 is 11.5 Å². The van der Waals surface area contributed by atoms with E-state index in [1.807, 2.05) is 0 Å². The molecule has 0 heterocycles. The highest BCUT2D eigenvalue weighted by atomic mass is 16.5. The van der Waals surface area contributed by atoms with Gasteiger partial charge in [0.15, 0.2) is 0 Å². The number of carbonyl (C=O) groups excluding carboxylic acids is 1. The van der Waals surface area contributed by atoms with E-state index in [2.05, 4.69) is 4.74 Å². The zero-order valence-electron chi connectivity index (χ0n) is 7.03. The number of nitrogens with two attached hydrogens (primary N) is 2. The highest BCUT2D eigenvalue weighted by Crippen LogP contribution is 1.95. The predicted molar refractivity (Wildman–Crippen MR) is 44.3 cm³/mol. The Morgan fingerprint density at radius 3 is 2.75 bits per heavy atom. The Hall–Kier alpha value is -0.650. The third-order valence-corrected chi connectivity index (χ3v) is 1.36. The van der Waals surface area contributed by atoms with Crippen LogP contribution in [0.5, 0.6) is 0 Å². The second-order valence-electron chi connectivity index (χ2n) is 2.43. The van der Waals surface area contributed by atoms with Crippen LogP contribution in [0.3, 0.4) is 0 Å². The number of aliphatic hydroxyl groups excluding tert-OH is 1. The Labute approximate surface area is 71.7 Å². The van der Waals surface area contributed by atoms with Crippen LogP contribution in [0.2, 0.25) is 0 Å². The lowest BCUT2D eigenvalue weighted by atomic mass is 10.2. The summed E-state index contributed by atoms with van der Waals surface area (Å²) in [7, 11) is 0. The summed E-state index contributed by atoms with van der Waals surface area (Å²) >= 11 is 0. The topological polar surface area (TPSA) is 98.6 Å². The molecular formula is C7H16N2O3. The maximum Gasteiger partial charge on any atom is 0.322 e. The predicted octanol–water partition coefficient (Wildman–Crippen LogP) is -1.41. The second-order valence-corrected chi connectivity index (χ2v) is 2.43. The van der Waals surface area contributed by atoms with Crippen molar-refractivity contribution < 1.29 is 14.6 Å². The van der Waals surface area contributed by atoms with E-state index >= 15 is 0 Å². The fourth-order valence-corrected chi connectivity index (χ4v) is 0.709. The van der Waals surface area contributed by atoms with Gasteiger partial charge in [-0.15, -0.1) is 0 Å². The molecule has 0 aromatic rings. The van der Waals surface area contributed by atoms with Crippen molar-refractivity contribution in [3.8, 4) is 0 Å². The molecule has 0 fully saturated rings. The zero-order valence-corrected chi connectivity index (χ0v) is 7.03. The van der Waals surface area contributed by atoms with Crippen LogP contribution in [0.15, 0.2) is 0 Å². The Morgan fingerprint density at radius 1 is 1.58 bits per heavy atom. The SMILES string of the molecule is NCCCC(N)C(=O)OCCO. The molecule has 0 amide bonds. The summed E-state index contributed by atoms with van der Waals surface area (Å²) in [5, 5.41) is 8.33. The fraction of sp³-hybridized carbons (Fsp3) is 0.857. The first-order valence-electron chi connectivity index (χ1n) is 3.95. The van der Waals surface area contributed by atoms with Gasteiger partial charge in [0, 0.05) is 0 Å². The van der Waals surface area contributed by atoms with Crippen molar-refractivity contribution in [3.63, 3.8) is 0 Å². The van der Waals surface area contributed by atoms with E-state index in [-0.39, 0.29) is 13.2 Å². The van der Waals surface area contributed by atoms with Crippen molar-refractivity contribution >= 4 is 5.97 Å². The molecule has 0 aliphatic carbocycles. The summed E-state index contributed by atoms with van der Waals surface area (Å²) < 4.78 is 4.60. The summed E-state index contributed by atoms with van der Waals surface area (Å²) in [5.41, 5.74) is 10.7. The van der Waals surface area contributed by atoms with Gasteiger partial charge >= 0.3 is 5.97 Å². The van der Waals surface area contributed by atoms with Gasteiger partial charge in [0.1, 0.15) is 12.6 Å². The molecule has 0 aromatic heterocycles. The van der Waals surface area contributed by atoms with Gasteiger partial charge in [-0.25, -0.2) is 0 Å². The number of hydrogen-bond acceptors (Lipinski definition) is 5. The maximum atomic E-state index is 10.9. The molecule has 0 bridgehead atoms. The van der Waals surface area contributed by atoms with Crippen molar-refractivity contribution in [2.24, 2.45) is 11.5 Å². The third kappa shape index (κ3) is 5.06. The molecule has 0 aromatic carbocycles. The lowest BCUT2D eigenvalue weighted by Gasteiger charge is -2.09. The smallest absolute Gasteiger partial charge is 0.322 e. The summed E-state index contributed by atoms with van der Waals surface area (Å²) in [4.78, 5) is 10.9. The van der Waals surface area contributed by atoms with Crippen LogP contribution in [0.1, 0.15) is 12.8 Å². The van der Waals surface area contributed by atoms with Crippen molar-refractivity contribution in [1.82, 2.24) is 0 Å². The summed E-state index contributed by atoms with van der Waals surface area (Å²) in [6.07, 6.45) is 1.23. The van der Waals surface area contributed by atoms with Crippen molar-refractivity contribution in [3.05, 3.63) is 0 Å². The molecule has 0 aliphatic heterocycles. The molecule has 0 aliphatic rings. The van der Waals surface area contributed by atoms with E-state index in [0.29, 0.717) is 19.4 Å². The first-order chi connectivity index (χ1) is 5.72. The van der Waals surface area contributed by atoms with Gasteiger partial charge in [0.25, 0.3) is 0 Å². The quantitative estimate of drug-likeness (QED) is 0.432. The summed E-state index contributed by atoms with van der Waals surface area (Å²) in [6, 6.07) is -0.611. The molecule has 0 spiro atoms. The van der Waals surface area contributed by atoms with Gasteiger partial charge in [-0.2, -0.15) is 0 Å². The summed E-state index contributed by atoms with van der Waals surface area (Å²) in [5.74, 6) is -0.475. The van der Waals surface area contributed by atoms with Crippen LogP contribution >= 0.6 is 0 Å². The van der Waals surface area contributed by atoms with Crippen LogP contribution in [-0.2, 0) is 9.53 Å². The normalized spacial score (nSPS) is 12.6. The van der Waals surface area contributed by atoms with Gasteiger partial charge in [-0.3, -0.25) is 4.79 Å². The van der Waals surface area contributed by atoms with E-state index in [0.717, 1.165) is 0 Å². The van der Waals surface area contributed by atoms with Crippen LogP contribution in [0.25, 0.3) is 0 Å². The molecule has 0 saturated carbocycles. The van der Waals surface area contributed by atoms with E-state index < -0.39 is 12.0 Å². The van der Waals surface area contributed by atoms with Gasteiger partial charge in [0.2, 0.25) is 0 Å². The standard InChI is InChI=1S/C7H16N2O3/c8-3-1-2-6(9)7(11)12-5-4-10/h6,10H,1-5,8-9H2. The largest absolute Gasteiger partial charge is 0.462 e. The molecule has 0 radical (unpaired) electrons. The number of rotatable bonds is 6. The van der Waals surface area contributed by atoms with Crippen molar-refractivity contribution in [1.29, 1.82) is 0 Å². The van der Waals surface area contributed by atoms with Crippen molar-refractivity contribution in [2.45, 2.75) is 18.9 Å². The molecule has 12 heavy (non-hydrogen) atoms. The first kappa shape index (κ1) is 11.4. The van der Waals surface area contributed by atoms with Gasteiger partial charge in [-0.05, 0) is 19.4 Å². The molecule has 72 valence electrons. The zero-order chi connectivity index (χ0) is 9.40. The Morgan fingerprint density at radius 2 is 2.25 bits per heavy atom. The highest BCUT2D eigenvalue weighted by molar-refractivity contribution is 5.75. The average Bonchev–Trinajstić information content (AvgIpc) is 2.10. The average molecular weight is 176 g/mol. The van der Waals surface area contributed by atoms with Crippen LogP contribution in [0.4, 0.5) is 0 Å². The Kier molecular flexibility index (Phi) is 6.64. The molecule has 1 atom stereocenters. The van der Waals surface area contributed by atoms with E-state index in [9.17, 15) is 4.79 Å². The minimum Gasteiger partial charge on any atom is -0.462 e. The van der Waals surface area contributed by atoms with Gasteiger partial charge < -0.3 is 21.3 Å². The minimum atomic E-state index is -0.611. The number of aliphatic hydroxyl groups is 1. The third-order valence-electron chi connectivity index (χ3n) is 1.36. The van der Waals surface area contributed by atoms with E-state index in [1.54, 1.807) is 0 Å². The molecule has 5 N–H and O–H groups in total. The van der Waals surface area contributed by atoms with Gasteiger partial charge in [-0.1, -0.05) is 0 Å². The van der Waals surface area contributed by atoms with Crippen LogP contribution in [0, 0.1) is 0 Å². The van der Waals surface area contributed by atoms with Gasteiger partial charge in [0.05, 0.1) is 6.61 Å². The molecule has 1 unspecified atom stereocenters. The lowest BCUT2D eigenvalue weighted by Crippen LogP contribution is -2.33. The highest BCUT2D eigenvalue weighted by Gasteiger charge is 2.13. The fourth-order valence-electron chi connectivity index (χ4n) is 0.709. The number of carbonyl (C=O) groups is 1. The molecule has 5 heteroatoms. The maximum absolute atomic E-state index is 10.9.